The fourth-order valence-electron chi connectivity index (χ4n) is 2.58. The maximum absolute atomic E-state index is 11.0. The van der Waals surface area contributed by atoms with Gasteiger partial charge < -0.3 is 5.73 Å². The number of hydrogen-bond acceptors (Lipinski definition) is 4. The van der Waals surface area contributed by atoms with E-state index >= 15 is 0 Å². The number of nitro groups is 1. The molecular formula is C16H16N4O2. The third kappa shape index (κ3) is 2.44. The van der Waals surface area contributed by atoms with E-state index in [9.17, 15) is 10.1 Å². The molecule has 0 fully saturated rings. The summed E-state index contributed by atoms with van der Waals surface area (Å²) in [5.41, 5.74) is 10.2. The number of fused-ring (bicyclic) bond motifs is 1. The van der Waals surface area contributed by atoms with Crippen molar-refractivity contribution in [1.29, 1.82) is 0 Å². The second-order valence-corrected chi connectivity index (χ2v) is 5.19. The molecule has 0 saturated heterocycles. The van der Waals surface area contributed by atoms with Crippen molar-refractivity contribution >= 4 is 11.3 Å². The molecule has 1 aromatic carbocycles. The number of nitrogens with zero attached hydrogens (tertiary/aromatic N) is 3. The van der Waals surface area contributed by atoms with Gasteiger partial charge in [-0.1, -0.05) is 12.1 Å². The van der Waals surface area contributed by atoms with Gasteiger partial charge >= 0.3 is 0 Å². The highest BCUT2D eigenvalue weighted by atomic mass is 16.6. The maximum Gasteiger partial charge on any atom is 0.270 e. The zero-order valence-corrected chi connectivity index (χ0v) is 12.2. The molecule has 0 aliphatic rings. The lowest BCUT2D eigenvalue weighted by atomic mass is 10.1. The van der Waals surface area contributed by atoms with Gasteiger partial charge in [-0.05, 0) is 31.2 Å². The Balaban J connectivity index is 2.26. The van der Waals surface area contributed by atoms with Crippen LogP contribution in [0.25, 0.3) is 16.9 Å². The molecular weight excluding hydrogens is 280 g/mol. The van der Waals surface area contributed by atoms with Crippen LogP contribution in [0.15, 0.2) is 42.6 Å². The molecule has 6 nitrogen and oxygen atoms in total. The molecule has 0 bridgehead atoms. The molecule has 2 aromatic heterocycles. The maximum atomic E-state index is 11.0. The van der Waals surface area contributed by atoms with Gasteiger partial charge in [-0.2, -0.15) is 0 Å². The van der Waals surface area contributed by atoms with Gasteiger partial charge in [-0.15, -0.1) is 0 Å². The summed E-state index contributed by atoms with van der Waals surface area (Å²) < 4.78 is 1.96. The van der Waals surface area contributed by atoms with Crippen LogP contribution >= 0.6 is 0 Å². The minimum absolute atomic E-state index is 0.0678. The van der Waals surface area contributed by atoms with Crippen molar-refractivity contribution in [2.75, 3.05) is 6.54 Å². The van der Waals surface area contributed by atoms with E-state index in [1.54, 1.807) is 12.1 Å². The van der Waals surface area contributed by atoms with Gasteiger partial charge in [-0.3, -0.25) is 14.5 Å². The van der Waals surface area contributed by atoms with Gasteiger partial charge in [0.2, 0.25) is 0 Å². The molecule has 22 heavy (non-hydrogen) atoms. The SMILES string of the molecule is Cc1ccn2c(-c3cccc([N+](=O)[O-])c3)c(CCN)nc2c1. The molecule has 0 amide bonds. The Kier molecular flexibility index (Phi) is 3.60. The van der Waals surface area contributed by atoms with Crippen LogP contribution in [0.3, 0.4) is 0 Å². The van der Waals surface area contributed by atoms with Gasteiger partial charge in [0.15, 0.2) is 0 Å². The van der Waals surface area contributed by atoms with Crippen molar-refractivity contribution in [1.82, 2.24) is 9.38 Å². The number of pyridine rings is 1. The molecule has 0 aliphatic heterocycles. The molecule has 0 unspecified atom stereocenters. The van der Waals surface area contributed by atoms with Crippen LogP contribution in [0.2, 0.25) is 0 Å². The van der Waals surface area contributed by atoms with Gasteiger partial charge in [0.1, 0.15) is 5.65 Å². The zero-order chi connectivity index (χ0) is 15.7. The lowest BCUT2D eigenvalue weighted by Gasteiger charge is -2.05. The van der Waals surface area contributed by atoms with Crippen molar-refractivity contribution in [3.8, 4) is 11.3 Å². The topological polar surface area (TPSA) is 86.5 Å². The normalized spacial score (nSPS) is 11.0. The highest BCUT2D eigenvalue weighted by Gasteiger charge is 2.16. The van der Waals surface area contributed by atoms with E-state index in [1.807, 2.05) is 35.7 Å². The summed E-state index contributed by atoms with van der Waals surface area (Å²) in [6.07, 6.45) is 2.56. The number of hydrogen-bond donors (Lipinski definition) is 1. The minimum atomic E-state index is -0.389. The van der Waals surface area contributed by atoms with Crippen LogP contribution in [0.1, 0.15) is 11.3 Å². The lowest BCUT2D eigenvalue weighted by Crippen LogP contribution is -2.04. The van der Waals surface area contributed by atoms with Crippen molar-refractivity contribution in [3.05, 3.63) is 64.0 Å². The predicted octanol–water partition coefficient (Wildman–Crippen LogP) is 2.72. The van der Waals surface area contributed by atoms with Crippen LogP contribution in [0.4, 0.5) is 5.69 Å². The number of rotatable bonds is 4. The van der Waals surface area contributed by atoms with Crippen molar-refractivity contribution < 1.29 is 4.92 Å². The minimum Gasteiger partial charge on any atom is -0.330 e. The Bertz CT molecular complexity index is 854. The van der Waals surface area contributed by atoms with Crippen LogP contribution < -0.4 is 5.73 Å². The number of benzene rings is 1. The second-order valence-electron chi connectivity index (χ2n) is 5.19. The van der Waals surface area contributed by atoms with E-state index < -0.39 is 0 Å². The van der Waals surface area contributed by atoms with Crippen LogP contribution in [-0.2, 0) is 6.42 Å². The first-order valence-electron chi connectivity index (χ1n) is 7.02. The number of non-ortho nitro benzene ring substituents is 1. The molecule has 6 heteroatoms. The molecule has 2 heterocycles. The summed E-state index contributed by atoms with van der Waals surface area (Å²) in [5.74, 6) is 0. The predicted molar refractivity (Wildman–Crippen MR) is 84.8 cm³/mol. The Morgan fingerprint density at radius 1 is 1.32 bits per heavy atom. The summed E-state index contributed by atoms with van der Waals surface area (Å²) in [6, 6.07) is 10.6. The highest BCUT2D eigenvalue weighted by molar-refractivity contribution is 5.69. The Morgan fingerprint density at radius 2 is 2.14 bits per heavy atom. The van der Waals surface area contributed by atoms with Crippen molar-refractivity contribution in [2.24, 2.45) is 5.73 Å². The first kappa shape index (κ1) is 14.2. The standard InChI is InChI=1S/C16H16N4O2/c1-11-6-8-19-15(9-11)18-14(5-7-17)16(19)12-3-2-4-13(10-12)20(21)22/h2-4,6,8-10H,5,7,17H2,1H3. The van der Waals surface area contributed by atoms with E-state index in [1.165, 1.54) is 6.07 Å². The molecule has 3 rings (SSSR count). The quantitative estimate of drug-likeness (QED) is 0.592. The number of nitro benzene ring substituents is 1. The molecule has 3 aromatic rings. The molecule has 0 saturated carbocycles. The van der Waals surface area contributed by atoms with Crippen molar-refractivity contribution in [2.45, 2.75) is 13.3 Å². The molecule has 0 radical (unpaired) electrons. The van der Waals surface area contributed by atoms with Crippen LogP contribution in [0, 0.1) is 17.0 Å². The monoisotopic (exact) mass is 296 g/mol. The number of nitrogens with two attached hydrogens (primary N) is 1. The van der Waals surface area contributed by atoms with E-state index in [-0.39, 0.29) is 10.6 Å². The van der Waals surface area contributed by atoms with Gasteiger partial charge in [0.05, 0.1) is 16.3 Å². The number of aromatic nitrogens is 2. The molecule has 0 atom stereocenters. The fourth-order valence-corrected chi connectivity index (χ4v) is 2.58. The molecule has 0 spiro atoms. The smallest absolute Gasteiger partial charge is 0.270 e. The van der Waals surface area contributed by atoms with E-state index in [0.29, 0.717) is 13.0 Å². The van der Waals surface area contributed by atoms with E-state index in [0.717, 1.165) is 28.2 Å². The first-order chi connectivity index (χ1) is 10.6. The Labute approximate surface area is 127 Å². The Morgan fingerprint density at radius 3 is 2.86 bits per heavy atom. The third-order valence-corrected chi connectivity index (χ3v) is 3.57. The highest BCUT2D eigenvalue weighted by Crippen LogP contribution is 2.28. The zero-order valence-electron chi connectivity index (χ0n) is 12.2. The summed E-state index contributed by atoms with van der Waals surface area (Å²) in [4.78, 5) is 15.2. The average molecular weight is 296 g/mol. The average Bonchev–Trinajstić information content (AvgIpc) is 2.84. The molecule has 0 aliphatic carbocycles. The summed E-state index contributed by atoms with van der Waals surface area (Å²) in [7, 11) is 0. The van der Waals surface area contributed by atoms with E-state index in [4.69, 9.17) is 5.73 Å². The number of aryl methyl sites for hydroxylation is 1. The van der Waals surface area contributed by atoms with Gasteiger partial charge in [0, 0.05) is 30.3 Å². The van der Waals surface area contributed by atoms with Crippen molar-refractivity contribution in [3.63, 3.8) is 0 Å². The summed E-state index contributed by atoms with van der Waals surface area (Å²) in [6.45, 7) is 2.48. The van der Waals surface area contributed by atoms with Crippen LogP contribution in [0.5, 0.6) is 0 Å². The molecule has 2 N–H and O–H groups in total. The number of imidazole rings is 1. The summed E-state index contributed by atoms with van der Waals surface area (Å²) >= 11 is 0. The largest absolute Gasteiger partial charge is 0.330 e. The van der Waals surface area contributed by atoms with Gasteiger partial charge in [0.25, 0.3) is 5.69 Å². The first-order valence-corrected chi connectivity index (χ1v) is 7.02. The fraction of sp³-hybridized carbons (Fsp3) is 0.188. The van der Waals surface area contributed by atoms with Crippen LogP contribution in [-0.4, -0.2) is 20.9 Å². The lowest BCUT2D eigenvalue weighted by molar-refractivity contribution is -0.384. The van der Waals surface area contributed by atoms with Gasteiger partial charge in [-0.25, -0.2) is 4.98 Å². The Hall–Kier alpha value is -2.73. The molecule has 112 valence electrons. The summed E-state index contributed by atoms with van der Waals surface area (Å²) in [5, 5.41) is 11.0. The van der Waals surface area contributed by atoms with E-state index in [2.05, 4.69) is 4.98 Å². The second kappa shape index (κ2) is 5.57. The third-order valence-electron chi connectivity index (χ3n) is 3.57.